The van der Waals surface area contributed by atoms with Crippen LogP contribution < -0.4 is 5.32 Å². The van der Waals surface area contributed by atoms with Crippen molar-refractivity contribution in [1.29, 1.82) is 0 Å². The number of nitrogens with one attached hydrogen (secondary N) is 1. The van der Waals surface area contributed by atoms with Crippen LogP contribution in [0.3, 0.4) is 0 Å². The number of nitrogens with zero attached hydrogens (tertiary/aromatic N) is 2. The molecule has 1 fully saturated rings. The molecule has 40 heavy (non-hydrogen) atoms. The molecule has 208 valence electrons. The van der Waals surface area contributed by atoms with E-state index in [-0.39, 0.29) is 22.3 Å². The Morgan fingerprint density at radius 3 is 2.58 bits per heavy atom. The smallest absolute Gasteiger partial charge is 0.326 e. The van der Waals surface area contributed by atoms with Gasteiger partial charge < -0.3 is 5.32 Å². The first-order valence-corrected chi connectivity index (χ1v) is 13.8. The van der Waals surface area contributed by atoms with Crippen molar-refractivity contribution < 1.29 is 22.4 Å². The van der Waals surface area contributed by atoms with Crippen LogP contribution in [0.2, 0.25) is 10.0 Å². The summed E-state index contributed by atoms with van der Waals surface area (Å²) in [5.41, 5.74) is 4.30. The number of fused-ring (bicyclic) bond motifs is 4. The van der Waals surface area contributed by atoms with Gasteiger partial charge in [-0.1, -0.05) is 47.3 Å². The number of benzene rings is 2. The van der Waals surface area contributed by atoms with Crippen molar-refractivity contribution in [2.75, 3.05) is 5.32 Å². The highest BCUT2D eigenvalue weighted by molar-refractivity contribution is 6.42. The first-order valence-electron chi connectivity index (χ1n) is 13.0. The summed E-state index contributed by atoms with van der Waals surface area (Å²) in [6, 6.07) is 10.5. The van der Waals surface area contributed by atoms with Crippen LogP contribution in [0.4, 0.5) is 23.2 Å². The summed E-state index contributed by atoms with van der Waals surface area (Å²) in [7, 11) is 0. The van der Waals surface area contributed by atoms with Gasteiger partial charge in [0.05, 0.1) is 39.5 Å². The molecule has 10 heteroatoms. The molecule has 0 spiro atoms. The van der Waals surface area contributed by atoms with Crippen molar-refractivity contribution in [2.24, 2.45) is 23.2 Å². The number of rotatable bonds is 3. The Labute approximate surface area is 238 Å². The Balaban J connectivity index is 1.35. The average Bonchev–Trinajstić information content (AvgIpc) is 3.30. The highest BCUT2D eigenvalue weighted by atomic mass is 35.5. The zero-order valence-electron chi connectivity index (χ0n) is 21.4. The summed E-state index contributed by atoms with van der Waals surface area (Å²) >= 11 is 12.0. The molecule has 3 aliphatic carbocycles. The summed E-state index contributed by atoms with van der Waals surface area (Å²) in [4.78, 5) is 13.6. The molecule has 3 aliphatic rings. The first kappa shape index (κ1) is 27.1. The van der Waals surface area contributed by atoms with Crippen LogP contribution in [0.1, 0.15) is 37.4 Å². The lowest BCUT2D eigenvalue weighted by Crippen LogP contribution is -2.49. The van der Waals surface area contributed by atoms with Crippen molar-refractivity contribution in [3.8, 4) is 5.69 Å². The van der Waals surface area contributed by atoms with Gasteiger partial charge in [-0.05, 0) is 85.7 Å². The van der Waals surface area contributed by atoms with E-state index >= 15 is 0 Å². The average molecular weight is 590 g/mol. The van der Waals surface area contributed by atoms with Crippen molar-refractivity contribution in [3.05, 3.63) is 93.0 Å². The number of carbonyl (C=O) groups excluding carboxylic acids is 1. The van der Waals surface area contributed by atoms with Crippen molar-refractivity contribution in [2.45, 2.75) is 38.8 Å². The van der Waals surface area contributed by atoms with Gasteiger partial charge in [0.25, 0.3) is 0 Å². The first-order chi connectivity index (χ1) is 19.0. The Morgan fingerprint density at radius 2 is 1.88 bits per heavy atom. The van der Waals surface area contributed by atoms with Gasteiger partial charge in [0, 0.05) is 11.1 Å². The topological polar surface area (TPSA) is 46.9 Å². The number of anilines is 1. The molecule has 0 aliphatic heterocycles. The van der Waals surface area contributed by atoms with Crippen LogP contribution in [-0.2, 0) is 11.2 Å². The Morgan fingerprint density at radius 1 is 1.12 bits per heavy atom. The van der Waals surface area contributed by atoms with Gasteiger partial charge in [0.15, 0.2) is 0 Å². The molecule has 0 radical (unpaired) electrons. The normalized spacial score (nSPS) is 25.7. The summed E-state index contributed by atoms with van der Waals surface area (Å²) in [6.07, 6.45) is 2.26. The summed E-state index contributed by atoms with van der Waals surface area (Å²) in [6.45, 7) is 2.05. The van der Waals surface area contributed by atoms with E-state index < -0.39 is 35.3 Å². The summed E-state index contributed by atoms with van der Waals surface area (Å²) in [5.74, 6) is -4.66. The minimum atomic E-state index is -4.53. The van der Waals surface area contributed by atoms with E-state index in [1.807, 2.05) is 0 Å². The second kappa shape index (κ2) is 9.77. The maximum atomic E-state index is 14.3. The predicted octanol–water partition coefficient (Wildman–Crippen LogP) is 8.44. The van der Waals surface area contributed by atoms with Crippen LogP contribution >= 0.6 is 23.2 Å². The lowest BCUT2D eigenvalue weighted by Gasteiger charge is -2.50. The molecular weight excluding hydrogens is 565 g/mol. The van der Waals surface area contributed by atoms with E-state index in [0.717, 1.165) is 28.1 Å². The Bertz CT molecular complexity index is 1560. The maximum Gasteiger partial charge on any atom is 0.392 e. The number of hydrogen-bond donors (Lipinski definition) is 1. The molecule has 1 amide bonds. The Kier molecular flexibility index (Phi) is 6.62. The molecular formula is C30H25Cl2F4N3O. The van der Waals surface area contributed by atoms with Gasteiger partial charge in [-0.25, -0.2) is 9.07 Å². The van der Waals surface area contributed by atoms with Crippen LogP contribution in [0, 0.1) is 29.0 Å². The molecule has 4 atom stereocenters. The van der Waals surface area contributed by atoms with Crippen LogP contribution in [0.25, 0.3) is 11.8 Å². The van der Waals surface area contributed by atoms with Gasteiger partial charge in [-0.15, -0.1) is 0 Å². The molecule has 2 aromatic carbocycles. The van der Waals surface area contributed by atoms with Crippen LogP contribution in [-0.4, -0.2) is 21.9 Å². The molecule has 1 N–H and O–H groups in total. The van der Waals surface area contributed by atoms with Gasteiger partial charge in [-0.2, -0.15) is 18.3 Å². The lowest BCUT2D eigenvalue weighted by molar-refractivity contribution is -0.196. The van der Waals surface area contributed by atoms with Gasteiger partial charge in [0.2, 0.25) is 5.91 Å². The molecule has 3 aromatic rings. The molecule has 6 rings (SSSR count). The van der Waals surface area contributed by atoms with Gasteiger partial charge >= 0.3 is 6.18 Å². The predicted molar refractivity (Wildman–Crippen MR) is 147 cm³/mol. The molecule has 4 nitrogen and oxygen atoms in total. The van der Waals surface area contributed by atoms with Gasteiger partial charge in [0.1, 0.15) is 5.82 Å². The second-order valence-corrected chi connectivity index (χ2v) is 11.8. The highest BCUT2D eigenvalue weighted by Crippen LogP contribution is 2.59. The third kappa shape index (κ3) is 4.55. The Hall–Kier alpha value is -3.10. The van der Waals surface area contributed by atoms with Gasteiger partial charge in [-0.3, -0.25) is 4.79 Å². The van der Waals surface area contributed by atoms with Crippen molar-refractivity contribution >= 4 is 40.9 Å². The van der Waals surface area contributed by atoms with E-state index in [4.69, 9.17) is 23.2 Å². The van der Waals surface area contributed by atoms with Crippen LogP contribution in [0.15, 0.2) is 65.9 Å². The quantitative estimate of drug-likeness (QED) is 0.246. The summed E-state index contributed by atoms with van der Waals surface area (Å²) < 4.78 is 58.1. The maximum absolute atomic E-state index is 14.3. The number of aromatic nitrogens is 2. The fourth-order valence-electron chi connectivity index (χ4n) is 6.73. The standard InChI is InChI=1S/C30H25Cl2F4N3O/c1-29-14-16-15-37-39(20-6-3-18(33)4-7-20)26(16)12-17(29)2-8-21-22(29)9-10-23(30(34,35)36)27(21)28(40)38-19-5-11-24(31)25(32)13-19/h3-7,9,11-13,15,21,23,27H,2,8,10,14H2,1H3,(H,38,40)/t21?,23-,27-,29+/m1/s1. The molecule has 1 aromatic heterocycles. The zero-order chi connectivity index (χ0) is 28.4. The zero-order valence-corrected chi connectivity index (χ0v) is 22.9. The van der Waals surface area contributed by atoms with E-state index in [9.17, 15) is 22.4 Å². The molecule has 1 heterocycles. The molecule has 1 unspecified atom stereocenters. The van der Waals surface area contributed by atoms with E-state index in [1.165, 1.54) is 30.3 Å². The van der Waals surface area contributed by atoms with E-state index in [2.05, 4.69) is 23.4 Å². The van der Waals surface area contributed by atoms with Crippen LogP contribution in [0.5, 0.6) is 0 Å². The van der Waals surface area contributed by atoms with E-state index in [0.29, 0.717) is 24.9 Å². The minimum absolute atomic E-state index is 0.204. The lowest BCUT2D eigenvalue weighted by atomic mass is 9.54. The number of allylic oxidation sites excluding steroid dienone is 3. The minimum Gasteiger partial charge on any atom is -0.326 e. The molecule has 0 saturated heterocycles. The highest BCUT2D eigenvalue weighted by Gasteiger charge is 2.56. The summed E-state index contributed by atoms with van der Waals surface area (Å²) in [5, 5.41) is 7.70. The fraction of sp³-hybridized carbons (Fsp3) is 0.333. The van der Waals surface area contributed by atoms with Crippen molar-refractivity contribution in [1.82, 2.24) is 9.78 Å². The number of carbonyl (C=O) groups is 1. The SMILES string of the molecule is C[C@]12Cc3cnn(-c4ccc(F)cc4)c3C=C1CCC1C2=CC[C@@H](C(F)(F)F)[C@@H]1C(=O)Nc1ccc(Cl)c(Cl)c1. The molecule has 1 saturated carbocycles. The molecule has 0 bridgehead atoms. The van der Waals surface area contributed by atoms with Crippen molar-refractivity contribution in [3.63, 3.8) is 0 Å². The number of halogens is 6. The fourth-order valence-corrected chi connectivity index (χ4v) is 7.03. The number of hydrogen-bond acceptors (Lipinski definition) is 2. The monoisotopic (exact) mass is 589 g/mol. The number of amides is 1. The third-order valence-electron chi connectivity index (χ3n) is 8.65. The largest absolute Gasteiger partial charge is 0.392 e. The van der Waals surface area contributed by atoms with E-state index in [1.54, 1.807) is 29.1 Å². The number of alkyl halides is 3. The third-order valence-corrected chi connectivity index (χ3v) is 9.39. The second-order valence-electron chi connectivity index (χ2n) is 11.0.